The van der Waals surface area contributed by atoms with Gasteiger partial charge in [-0.1, -0.05) is 12.8 Å². The van der Waals surface area contributed by atoms with Crippen LogP contribution in [0, 0.1) is 0 Å². The largest absolute Gasteiger partial charge is 0.311 e. The molecule has 3 heteroatoms. The highest BCUT2D eigenvalue weighted by Crippen LogP contribution is 2.29. The molecular formula is C12H23N3. The molecule has 0 bridgehead atoms. The van der Waals surface area contributed by atoms with Crippen molar-refractivity contribution in [3.8, 4) is 0 Å². The number of nitrogens with zero attached hydrogens (tertiary/aromatic N) is 2. The highest BCUT2D eigenvalue weighted by Gasteiger charge is 2.39. The summed E-state index contributed by atoms with van der Waals surface area (Å²) in [7, 11) is 2.25. The molecule has 0 amide bonds. The van der Waals surface area contributed by atoms with Gasteiger partial charge in [0.15, 0.2) is 0 Å². The Morgan fingerprint density at radius 2 is 2.00 bits per heavy atom. The number of hydrogen-bond acceptors (Lipinski definition) is 3. The first-order valence-electron chi connectivity index (χ1n) is 6.52. The van der Waals surface area contributed by atoms with Gasteiger partial charge in [-0.3, -0.25) is 4.90 Å². The van der Waals surface area contributed by atoms with Gasteiger partial charge in [-0.25, -0.2) is 0 Å². The van der Waals surface area contributed by atoms with Gasteiger partial charge in [0.05, 0.1) is 0 Å². The highest BCUT2D eigenvalue weighted by atomic mass is 15.3. The van der Waals surface area contributed by atoms with E-state index in [1.807, 2.05) is 0 Å². The first-order chi connectivity index (χ1) is 7.34. The summed E-state index contributed by atoms with van der Waals surface area (Å²) in [6.45, 7) is 5.03. The van der Waals surface area contributed by atoms with Gasteiger partial charge in [0.2, 0.25) is 0 Å². The predicted octanol–water partition coefficient (Wildman–Crippen LogP) is 0.517. The van der Waals surface area contributed by atoms with Crippen molar-refractivity contribution in [3.63, 3.8) is 0 Å². The second kappa shape index (κ2) is 4.04. The van der Waals surface area contributed by atoms with E-state index in [1.54, 1.807) is 0 Å². The lowest BCUT2D eigenvalue weighted by Gasteiger charge is -2.52. The quantitative estimate of drug-likeness (QED) is 0.627. The van der Waals surface area contributed by atoms with Gasteiger partial charge in [-0.15, -0.1) is 0 Å². The molecular weight excluding hydrogens is 186 g/mol. The SMILES string of the molecule is CN1CCN2C(CNC3CCCCC32)C1. The molecule has 1 saturated carbocycles. The Hall–Kier alpha value is -0.120. The number of rotatable bonds is 0. The van der Waals surface area contributed by atoms with Crippen LogP contribution in [0.5, 0.6) is 0 Å². The fourth-order valence-corrected chi connectivity index (χ4v) is 3.68. The molecule has 0 aromatic heterocycles. The van der Waals surface area contributed by atoms with Gasteiger partial charge in [-0.2, -0.15) is 0 Å². The van der Waals surface area contributed by atoms with E-state index < -0.39 is 0 Å². The Kier molecular flexibility index (Phi) is 2.71. The summed E-state index contributed by atoms with van der Waals surface area (Å²) in [5.74, 6) is 0. The predicted molar refractivity (Wildman–Crippen MR) is 62.0 cm³/mol. The van der Waals surface area contributed by atoms with Crippen LogP contribution in [0.1, 0.15) is 25.7 Å². The molecule has 86 valence electrons. The van der Waals surface area contributed by atoms with Crippen LogP contribution < -0.4 is 5.32 Å². The molecule has 0 radical (unpaired) electrons. The maximum Gasteiger partial charge on any atom is 0.0352 e. The summed E-state index contributed by atoms with van der Waals surface area (Å²) >= 11 is 0. The Morgan fingerprint density at radius 3 is 2.93 bits per heavy atom. The molecule has 2 aliphatic heterocycles. The standard InChI is InChI=1S/C12H23N3/c1-14-6-7-15-10(9-14)8-13-11-4-2-3-5-12(11)15/h10-13H,2-9H2,1H3. The van der Waals surface area contributed by atoms with Gasteiger partial charge in [-0.05, 0) is 19.9 Å². The molecule has 0 aromatic rings. The van der Waals surface area contributed by atoms with Crippen LogP contribution in [0.25, 0.3) is 0 Å². The van der Waals surface area contributed by atoms with Crippen LogP contribution in [0.4, 0.5) is 0 Å². The lowest BCUT2D eigenvalue weighted by Crippen LogP contribution is -2.68. The van der Waals surface area contributed by atoms with Gasteiger partial charge in [0.1, 0.15) is 0 Å². The van der Waals surface area contributed by atoms with Gasteiger partial charge in [0, 0.05) is 44.3 Å². The first-order valence-corrected chi connectivity index (χ1v) is 6.52. The Morgan fingerprint density at radius 1 is 1.13 bits per heavy atom. The van der Waals surface area contributed by atoms with Crippen molar-refractivity contribution < 1.29 is 0 Å². The monoisotopic (exact) mass is 209 g/mol. The van der Waals surface area contributed by atoms with Gasteiger partial charge < -0.3 is 10.2 Å². The number of piperazine rings is 2. The lowest BCUT2D eigenvalue weighted by atomic mass is 9.85. The second-order valence-electron chi connectivity index (χ2n) is 5.52. The van der Waals surface area contributed by atoms with Gasteiger partial charge >= 0.3 is 0 Å². The van der Waals surface area contributed by atoms with Crippen molar-refractivity contribution in [3.05, 3.63) is 0 Å². The summed E-state index contributed by atoms with van der Waals surface area (Å²) in [5, 5.41) is 3.77. The third kappa shape index (κ3) is 1.81. The van der Waals surface area contributed by atoms with Crippen molar-refractivity contribution in [2.24, 2.45) is 0 Å². The van der Waals surface area contributed by atoms with Crippen molar-refractivity contribution in [2.45, 2.75) is 43.8 Å². The fraction of sp³-hybridized carbons (Fsp3) is 1.00. The van der Waals surface area contributed by atoms with E-state index in [9.17, 15) is 0 Å². The zero-order chi connectivity index (χ0) is 10.3. The minimum Gasteiger partial charge on any atom is -0.311 e. The molecule has 3 nitrogen and oxygen atoms in total. The molecule has 3 aliphatic rings. The molecule has 1 N–H and O–H groups in total. The highest BCUT2D eigenvalue weighted by molar-refractivity contribution is 4.98. The first kappa shape index (κ1) is 10.1. The Balaban J connectivity index is 1.72. The number of fused-ring (bicyclic) bond motifs is 3. The number of likely N-dealkylation sites (N-methyl/N-ethyl adjacent to an activating group) is 1. The van der Waals surface area contributed by atoms with E-state index in [0.29, 0.717) is 0 Å². The van der Waals surface area contributed by atoms with Crippen LogP contribution >= 0.6 is 0 Å². The molecule has 3 atom stereocenters. The van der Waals surface area contributed by atoms with Crippen molar-refractivity contribution >= 4 is 0 Å². The molecule has 0 aromatic carbocycles. The van der Waals surface area contributed by atoms with E-state index in [4.69, 9.17) is 0 Å². The third-order valence-corrected chi connectivity index (χ3v) is 4.50. The summed E-state index contributed by atoms with van der Waals surface area (Å²) in [4.78, 5) is 5.28. The molecule has 3 rings (SSSR count). The van der Waals surface area contributed by atoms with E-state index in [0.717, 1.165) is 18.1 Å². The van der Waals surface area contributed by atoms with Crippen LogP contribution in [-0.2, 0) is 0 Å². The number of nitrogens with one attached hydrogen (secondary N) is 1. The molecule has 0 spiro atoms. The minimum atomic E-state index is 0.781. The smallest absolute Gasteiger partial charge is 0.0352 e. The zero-order valence-electron chi connectivity index (χ0n) is 9.78. The van der Waals surface area contributed by atoms with Gasteiger partial charge in [0.25, 0.3) is 0 Å². The van der Waals surface area contributed by atoms with Crippen molar-refractivity contribution in [1.29, 1.82) is 0 Å². The Labute approximate surface area is 92.8 Å². The van der Waals surface area contributed by atoms with Crippen LogP contribution in [0.3, 0.4) is 0 Å². The molecule has 15 heavy (non-hydrogen) atoms. The third-order valence-electron chi connectivity index (χ3n) is 4.50. The maximum atomic E-state index is 3.77. The summed E-state index contributed by atoms with van der Waals surface area (Å²) in [6.07, 6.45) is 5.72. The topological polar surface area (TPSA) is 18.5 Å². The average Bonchev–Trinajstić information content (AvgIpc) is 2.28. The fourth-order valence-electron chi connectivity index (χ4n) is 3.68. The molecule has 2 heterocycles. The zero-order valence-corrected chi connectivity index (χ0v) is 9.78. The maximum absolute atomic E-state index is 3.77. The summed E-state index contributed by atoms with van der Waals surface area (Å²) in [5.41, 5.74) is 0. The van der Waals surface area contributed by atoms with E-state index >= 15 is 0 Å². The van der Waals surface area contributed by atoms with E-state index in [2.05, 4.69) is 22.2 Å². The Bertz CT molecular complexity index is 231. The number of hydrogen-bond donors (Lipinski definition) is 1. The van der Waals surface area contributed by atoms with Crippen LogP contribution in [0.15, 0.2) is 0 Å². The molecule has 2 saturated heterocycles. The molecule has 1 aliphatic carbocycles. The van der Waals surface area contributed by atoms with Crippen molar-refractivity contribution in [1.82, 2.24) is 15.1 Å². The summed E-state index contributed by atoms with van der Waals surface area (Å²) < 4.78 is 0. The molecule has 3 fully saturated rings. The molecule has 3 unspecified atom stereocenters. The minimum absolute atomic E-state index is 0.781. The average molecular weight is 209 g/mol. The second-order valence-corrected chi connectivity index (χ2v) is 5.52. The summed E-state index contributed by atoms with van der Waals surface area (Å²) in [6, 6.07) is 2.44. The van der Waals surface area contributed by atoms with E-state index in [-0.39, 0.29) is 0 Å². The van der Waals surface area contributed by atoms with Crippen LogP contribution in [0.2, 0.25) is 0 Å². The van der Waals surface area contributed by atoms with E-state index in [1.165, 1.54) is 51.9 Å². The van der Waals surface area contributed by atoms with Crippen molar-refractivity contribution in [2.75, 3.05) is 33.2 Å². The van der Waals surface area contributed by atoms with Crippen LogP contribution in [-0.4, -0.2) is 61.2 Å². The lowest BCUT2D eigenvalue weighted by molar-refractivity contribution is -0.00684. The normalized spacial score (nSPS) is 43.4.